The van der Waals surface area contributed by atoms with Crippen molar-refractivity contribution in [3.8, 4) is 6.07 Å². The van der Waals surface area contributed by atoms with Crippen molar-refractivity contribution < 1.29 is 8.42 Å². The molecule has 0 saturated carbocycles. The molecule has 98 valence electrons. The van der Waals surface area contributed by atoms with E-state index in [0.29, 0.717) is 16.9 Å². The number of hydrogen-bond donors (Lipinski definition) is 1. The van der Waals surface area contributed by atoms with Crippen LogP contribution in [0.3, 0.4) is 0 Å². The molecule has 0 bridgehead atoms. The lowest BCUT2D eigenvalue weighted by Gasteiger charge is -2.09. The van der Waals surface area contributed by atoms with E-state index in [2.05, 4.69) is 9.82 Å². The Morgan fingerprint density at radius 2 is 2.11 bits per heavy atom. The number of aromatic nitrogens is 2. The minimum Gasteiger partial charge on any atom is -0.264 e. The van der Waals surface area contributed by atoms with Crippen LogP contribution in [-0.2, 0) is 17.1 Å². The second-order valence-electron chi connectivity index (χ2n) is 4.03. The third-order valence-electron chi connectivity index (χ3n) is 2.69. The van der Waals surface area contributed by atoms with Gasteiger partial charge in [-0.3, -0.25) is 9.40 Å². The number of rotatable bonds is 3. The van der Waals surface area contributed by atoms with Gasteiger partial charge in [0.1, 0.15) is 5.82 Å². The molecule has 0 aliphatic rings. The fraction of sp³-hybridized carbons (Fsp3) is 0.167. The highest BCUT2D eigenvalue weighted by molar-refractivity contribution is 7.92. The Labute approximate surface area is 111 Å². The Balaban J connectivity index is 2.38. The molecule has 0 radical (unpaired) electrons. The first-order valence-electron chi connectivity index (χ1n) is 5.45. The van der Waals surface area contributed by atoms with E-state index >= 15 is 0 Å². The second kappa shape index (κ2) is 4.74. The number of nitrogens with one attached hydrogen (secondary N) is 1. The lowest BCUT2D eigenvalue weighted by molar-refractivity contribution is 0.600. The van der Waals surface area contributed by atoms with E-state index in [1.807, 2.05) is 6.07 Å². The minimum atomic E-state index is -3.67. The number of anilines is 1. The monoisotopic (exact) mass is 276 g/mol. The number of aryl methyl sites for hydroxylation is 2. The van der Waals surface area contributed by atoms with Crippen LogP contribution in [0.5, 0.6) is 0 Å². The van der Waals surface area contributed by atoms with Gasteiger partial charge in [-0.15, -0.1) is 0 Å². The van der Waals surface area contributed by atoms with Crippen molar-refractivity contribution in [2.24, 2.45) is 7.05 Å². The zero-order valence-corrected chi connectivity index (χ0v) is 11.3. The molecule has 1 aromatic carbocycles. The number of benzene rings is 1. The second-order valence-corrected chi connectivity index (χ2v) is 5.72. The van der Waals surface area contributed by atoms with Crippen LogP contribution in [0.15, 0.2) is 35.4 Å². The Bertz CT molecular complexity index is 756. The molecule has 0 aliphatic heterocycles. The zero-order valence-electron chi connectivity index (χ0n) is 10.5. The highest BCUT2D eigenvalue weighted by atomic mass is 32.2. The maximum atomic E-state index is 12.2. The van der Waals surface area contributed by atoms with Gasteiger partial charge in [-0.05, 0) is 30.7 Å². The van der Waals surface area contributed by atoms with Gasteiger partial charge in [0.25, 0.3) is 10.0 Å². The maximum Gasteiger partial charge on any atom is 0.263 e. The normalized spacial score (nSPS) is 11.0. The first-order chi connectivity index (χ1) is 8.94. The van der Waals surface area contributed by atoms with Crippen LogP contribution < -0.4 is 4.72 Å². The van der Waals surface area contributed by atoms with Crippen molar-refractivity contribution in [1.29, 1.82) is 5.26 Å². The Kier molecular flexibility index (Phi) is 3.27. The predicted molar refractivity (Wildman–Crippen MR) is 69.9 cm³/mol. The topological polar surface area (TPSA) is 87.8 Å². The van der Waals surface area contributed by atoms with E-state index in [1.165, 1.54) is 29.1 Å². The summed E-state index contributed by atoms with van der Waals surface area (Å²) in [6.07, 6.45) is 1.50. The lowest BCUT2D eigenvalue weighted by Crippen LogP contribution is -2.15. The SMILES string of the molecule is Cc1cc(S(=O)(=O)Nc2ccnn2C)ccc1C#N. The van der Waals surface area contributed by atoms with Crippen molar-refractivity contribution in [1.82, 2.24) is 9.78 Å². The van der Waals surface area contributed by atoms with Crippen LogP contribution in [-0.4, -0.2) is 18.2 Å². The third kappa shape index (κ3) is 2.58. The van der Waals surface area contributed by atoms with Gasteiger partial charge in [-0.2, -0.15) is 10.4 Å². The first kappa shape index (κ1) is 13.1. The summed E-state index contributed by atoms with van der Waals surface area (Å²) >= 11 is 0. The van der Waals surface area contributed by atoms with Crippen molar-refractivity contribution in [3.63, 3.8) is 0 Å². The largest absolute Gasteiger partial charge is 0.264 e. The standard InChI is InChI=1S/C12H12N4O2S/c1-9-7-11(4-3-10(9)8-13)19(17,18)15-12-5-6-14-16(12)2/h3-7,15H,1-2H3. The van der Waals surface area contributed by atoms with E-state index in [9.17, 15) is 8.42 Å². The zero-order chi connectivity index (χ0) is 14.0. The fourth-order valence-electron chi connectivity index (χ4n) is 1.60. The summed E-state index contributed by atoms with van der Waals surface area (Å²) in [6, 6.07) is 7.93. The molecule has 2 rings (SSSR count). The predicted octanol–water partition coefficient (Wildman–Crippen LogP) is 1.40. The molecule has 19 heavy (non-hydrogen) atoms. The molecule has 0 fully saturated rings. The quantitative estimate of drug-likeness (QED) is 0.917. The van der Waals surface area contributed by atoms with Crippen molar-refractivity contribution in [2.75, 3.05) is 4.72 Å². The van der Waals surface area contributed by atoms with Gasteiger partial charge in [0.2, 0.25) is 0 Å². The number of sulfonamides is 1. The average molecular weight is 276 g/mol. The molecule has 0 amide bonds. The summed E-state index contributed by atoms with van der Waals surface area (Å²) in [5, 5.41) is 12.7. The number of nitriles is 1. The summed E-state index contributed by atoms with van der Waals surface area (Å²) in [4.78, 5) is 0.116. The van der Waals surface area contributed by atoms with Gasteiger partial charge in [0, 0.05) is 13.1 Å². The molecule has 0 saturated heterocycles. The van der Waals surface area contributed by atoms with Crippen LogP contribution in [0.25, 0.3) is 0 Å². The first-order valence-corrected chi connectivity index (χ1v) is 6.94. The molecule has 1 heterocycles. The van der Waals surface area contributed by atoms with Crippen molar-refractivity contribution >= 4 is 15.8 Å². The van der Waals surface area contributed by atoms with Crippen LogP contribution in [0, 0.1) is 18.3 Å². The molecular formula is C12H12N4O2S. The van der Waals surface area contributed by atoms with Gasteiger partial charge in [-0.1, -0.05) is 0 Å². The van der Waals surface area contributed by atoms with Crippen LogP contribution in [0.2, 0.25) is 0 Å². The van der Waals surface area contributed by atoms with E-state index in [4.69, 9.17) is 5.26 Å². The van der Waals surface area contributed by atoms with Gasteiger partial charge in [0.05, 0.1) is 22.7 Å². The van der Waals surface area contributed by atoms with E-state index in [0.717, 1.165) is 0 Å². The summed E-state index contributed by atoms with van der Waals surface area (Å²) in [5.41, 5.74) is 1.08. The lowest BCUT2D eigenvalue weighted by atomic mass is 10.1. The average Bonchev–Trinajstić information content (AvgIpc) is 2.74. The molecule has 6 nitrogen and oxygen atoms in total. The summed E-state index contributed by atoms with van der Waals surface area (Å²) in [7, 11) is -2.03. The summed E-state index contributed by atoms with van der Waals surface area (Å²) in [6.45, 7) is 1.70. The smallest absolute Gasteiger partial charge is 0.263 e. The van der Waals surface area contributed by atoms with Crippen LogP contribution >= 0.6 is 0 Å². The van der Waals surface area contributed by atoms with Gasteiger partial charge >= 0.3 is 0 Å². The molecule has 0 unspecified atom stereocenters. The Morgan fingerprint density at radius 1 is 1.37 bits per heavy atom. The van der Waals surface area contributed by atoms with Crippen molar-refractivity contribution in [2.45, 2.75) is 11.8 Å². The maximum absolute atomic E-state index is 12.2. The van der Waals surface area contributed by atoms with E-state index in [-0.39, 0.29) is 4.90 Å². The molecule has 1 aromatic heterocycles. The third-order valence-corrected chi connectivity index (χ3v) is 4.04. The molecule has 0 aliphatic carbocycles. The molecule has 0 atom stereocenters. The van der Waals surface area contributed by atoms with Crippen LogP contribution in [0.1, 0.15) is 11.1 Å². The Hall–Kier alpha value is -2.33. The highest BCUT2D eigenvalue weighted by Gasteiger charge is 2.16. The van der Waals surface area contributed by atoms with Crippen LogP contribution in [0.4, 0.5) is 5.82 Å². The summed E-state index contributed by atoms with van der Waals surface area (Å²) < 4.78 is 28.2. The molecule has 0 spiro atoms. The molecule has 1 N–H and O–H groups in total. The molecule has 2 aromatic rings. The summed E-state index contributed by atoms with van der Waals surface area (Å²) in [5.74, 6) is 0.377. The highest BCUT2D eigenvalue weighted by Crippen LogP contribution is 2.18. The number of hydrogen-bond acceptors (Lipinski definition) is 4. The van der Waals surface area contributed by atoms with E-state index in [1.54, 1.807) is 20.0 Å². The van der Waals surface area contributed by atoms with Gasteiger partial charge < -0.3 is 0 Å². The van der Waals surface area contributed by atoms with Crippen molar-refractivity contribution in [3.05, 3.63) is 41.6 Å². The van der Waals surface area contributed by atoms with Gasteiger partial charge in [-0.25, -0.2) is 8.42 Å². The fourth-order valence-corrected chi connectivity index (χ4v) is 2.77. The number of nitrogens with zero attached hydrogens (tertiary/aromatic N) is 3. The van der Waals surface area contributed by atoms with Gasteiger partial charge in [0.15, 0.2) is 0 Å². The molecular weight excluding hydrogens is 264 g/mol. The molecule has 7 heteroatoms. The Morgan fingerprint density at radius 3 is 2.63 bits per heavy atom. The van der Waals surface area contributed by atoms with E-state index < -0.39 is 10.0 Å². The minimum absolute atomic E-state index is 0.116.